The van der Waals surface area contributed by atoms with Gasteiger partial charge in [-0.3, -0.25) is 0 Å². The molecule has 1 aromatic carbocycles. The largest absolute Gasteiger partial charge is 0.420 e. The molecule has 1 aromatic heterocycles. The van der Waals surface area contributed by atoms with Gasteiger partial charge in [0.05, 0.1) is 0 Å². The number of hydrogen-bond donors (Lipinski definition) is 1. The van der Waals surface area contributed by atoms with Crippen LogP contribution in [0.4, 0.5) is 5.88 Å². The van der Waals surface area contributed by atoms with Crippen LogP contribution in [-0.2, 0) is 6.54 Å². The van der Waals surface area contributed by atoms with Crippen molar-refractivity contribution in [2.75, 3.05) is 5.32 Å². The third-order valence-electron chi connectivity index (χ3n) is 2.39. The van der Waals surface area contributed by atoms with Gasteiger partial charge in [-0.05, 0) is 12.5 Å². The Bertz CT molecular complexity index is 593. The van der Waals surface area contributed by atoms with E-state index in [1.54, 1.807) is 6.92 Å². The Balaban J connectivity index is 2.14. The lowest BCUT2D eigenvalue weighted by atomic mass is 10.2. The third-order valence-corrected chi connectivity index (χ3v) is 2.39. The van der Waals surface area contributed by atoms with Gasteiger partial charge < -0.3 is 9.73 Å². The van der Waals surface area contributed by atoms with Crippen molar-refractivity contribution < 1.29 is 4.42 Å². The molecule has 0 unspecified atom stereocenters. The van der Waals surface area contributed by atoms with Gasteiger partial charge in [0.2, 0.25) is 17.5 Å². The summed E-state index contributed by atoms with van der Waals surface area (Å²) in [4.78, 5) is 4.05. The predicted molar refractivity (Wildman–Crippen MR) is 69.7 cm³/mol. The van der Waals surface area contributed by atoms with Crippen LogP contribution in [0.2, 0.25) is 0 Å². The maximum absolute atomic E-state index is 8.97. The van der Waals surface area contributed by atoms with Crippen molar-refractivity contribution in [3.63, 3.8) is 0 Å². The first-order valence-electron chi connectivity index (χ1n) is 5.55. The summed E-state index contributed by atoms with van der Waals surface area (Å²) in [5, 5.41) is 12.0. The summed E-state index contributed by atoms with van der Waals surface area (Å²) in [6.45, 7) is 6.11. The lowest BCUT2D eigenvalue weighted by Crippen LogP contribution is -1.99. The topological polar surface area (TPSA) is 61.9 Å². The van der Waals surface area contributed by atoms with E-state index in [4.69, 9.17) is 9.68 Å². The van der Waals surface area contributed by atoms with Crippen molar-refractivity contribution in [1.29, 1.82) is 5.26 Å². The number of nitrogens with one attached hydrogen (secondary N) is 1. The molecule has 2 aromatic rings. The van der Waals surface area contributed by atoms with Crippen LogP contribution in [0.25, 0.3) is 5.57 Å². The van der Waals surface area contributed by atoms with Crippen LogP contribution < -0.4 is 5.32 Å². The number of rotatable bonds is 4. The van der Waals surface area contributed by atoms with Crippen molar-refractivity contribution in [2.24, 2.45) is 0 Å². The fraction of sp³-hybridized carbons (Fsp3) is 0.143. The van der Waals surface area contributed by atoms with E-state index in [1.807, 2.05) is 36.4 Å². The van der Waals surface area contributed by atoms with E-state index in [2.05, 4.69) is 16.9 Å². The van der Waals surface area contributed by atoms with Crippen molar-refractivity contribution in [1.82, 2.24) is 4.98 Å². The summed E-state index contributed by atoms with van der Waals surface area (Å²) >= 11 is 0. The summed E-state index contributed by atoms with van der Waals surface area (Å²) in [5.41, 5.74) is 2.05. The second-order valence-corrected chi connectivity index (χ2v) is 3.93. The van der Waals surface area contributed by atoms with Crippen LogP contribution in [0.15, 0.2) is 41.3 Å². The summed E-state index contributed by atoms with van der Waals surface area (Å²) in [5.74, 6) is 0.779. The Morgan fingerprint density at radius 1 is 1.44 bits per heavy atom. The zero-order valence-corrected chi connectivity index (χ0v) is 10.1. The van der Waals surface area contributed by atoms with Crippen LogP contribution in [0.5, 0.6) is 0 Å². The molecule has 0 spiro atoms. The molecule has 90 valence electrons. The Labute approximate surface area is 106 Å². The summed E-state index contributed by atoms with van der Waals surface area (Å²) in [7, 11) is 0. The Morgan fingerprint density at radius 2 is 2.17 bits per heavy atom. The van der Waals surface area contributed by atoms with Gasteiger partial charge in [0, 0.05) is 12.1 Å². The maximum Gasteiger partial charge on any atom is 0.232 e. The van der Waals surface area contributed by atoms with Gasteiger partial charge in [0.25, 0.3) is 0 Å². The molecule has 0 bridgehead atoms. The van der Waals surface area contributed by atoms with E-state index in [0.717, 1.165) is 5.56 Å². The molecule has 1 N–H and O–H groups in total. The van der Waals surface area contributed by atoms with Gasteiger partial charge in [-0.1, -0.05) is 36.9 Å². The number of benzene rings is 1. The van der Waals surface area contributed by atoms with E-state index in [1.165, 1.54) is 0 Å². The number of anilines is 1. The molecule has 1 heterocycles. The number of aromatic nitrogens is 1. The van der Waals surface area contributed by atoms with Crippen LogP contribution in [0.1, 0.15) is 24.1 Å². The van der Waals surface area contributed by atoms with Crippen LogP contribution in [0.3, 0.4) is 0 Å². The van der Waals surface area contributed by atoms with Gasteiger partial charge in [-0.25, -0.2) is 0 Å². The number of allylic oxidation sites excluding steroid dienone is 1. The third kappa shape index (κ3) is 2.58. The van der Waals surface area contributed by atoms with E-state index in [9.17, 15) is 0 Å². The average Bonchev–Trinajstić information content (AvgIpc) is 2.81. The molecular formula is C14H13N3O. The molecule has 0 saturated carbocycles. The number of hydrogen-bond acceptors (Lipinski definition) is 4. The fourth-order valence-corrected chi connectivity index (χ4v) is 1.48. The van der Waals surface area contributed by atoms with Crippen molar-refractivity contribution in [3.05, 3.63) is 54.1 Å². The zero-order valence-electron chi connectivity index (χ0n) is 10.1. The van der Waals surface area contributed by atoms with E-state index < -0.39 is 0 Å². The minimum atomic E-state index is 0.254. The van der Waals surface area contributed by atoms with Crippen molar-refractivity contribution in [3.8, 4) is 6.07 Å². The van der Waals surface area contributed by atoms with Crippen molar-refractivity contribution in [2.45, 2.75) is 13.5 Å². The molecule has 0 aliphatic heterocycles. The van der Waals surface area contributed by atoms with Gasteiger partial charge in [-0.15, -0.1) is 0 Å². The zero-order chi connectivity index (χ0) is 13.0. The highest BCUT2D eigenvalue weighted by atomic mass is 16.4. The molecule has 0 aliphatic carbocycles. The quantitative estimate of drug-likeness (QED) is 0.890. The minimum Gasteiger partial charge on any atom is -0.420 e. The maximum atomic E-state index is 8.97. The molecule has 0 aliphatic rings. The van der Waals surface area contributed by atoms with Gasteiger partial charge in [0.1, 0.15) is 6.07 Å². The first kappa shape index (κ1) is 11.9. The summed E-state index contributed by atoms with van der Waals surface area (Å²) in [6.07, 6.45) is 0. The average molecular weight is 239 g/mol. The van der Waals surface area contributed by atoms with E-state index >= 15 is 0 Å². The SMILES string of the molecule is C=C(C)c1nc(C#N)c(NCc2ccccc2)o1. The van der Waals surface area contributed by atoms with Crippen LogP contribution >= 0.6 is 0 Å². The lowest BCUT2D eigenvalue weighted by Gasteiger charge is -2.02. The first-order valence-corrected chi connectivity index (χ1v) is 5.55. The first-order chi connectivity index (χ1) is 8.70. The number of nitriles is 1. The molecule has 4 nitrogen and oxygen atoms in total. The second kappa shape index (κ2) is 5.19. The molecule has 0 amide bonds. The predicted octanol–water partition coefficient (Wildman–Crippen LogP) is 3.19. The highest BCUT2D eigenvalue weighted by Gasteiger charge is 2.12. The minimum absolute atomic E-state index is 0.254. The van der Waals surface area contributed by atoms with Gasteiger partial charge in [-0.2, -0.15) is 10.2 Å². The molecular weight excluding hydrogens is 226 g/mol. The monoisotopic (exact) mass is 239 g/mol. The second-order valence-electron chi connectivity index (χ2n) is 3.93. The Morgan fingerprint density at radius 3 is 2.78 bits per heavy atom. The summed E-state index contributed by atoms with van der Waals surface area (Å²) in [6, 6.07) is 11.9. The van der Waals surface area contributed by atoms with Gasteiger partial charge in [0.15, 0.2) is 0 Å². The standard InChI is InChI=1S/C14H13N3O/c1-10(2)13-17-12(8-15)14(18-13)16-9-11-6-4-3-5-7-11/h3-7,16H,1,9H2,2H3. The normalized spacial score (nSPS) is 9.78. The van der Waals surface area contributed by atoms with Gasteiger partial charge >= 0.3 is 0 Å². The molecule has 18 heavy (non-hydrogen) atoms. The van der Waals surface area contributed by atoms with Crippen LogP contribution in [-0.4, -0.2) is 4.98 Å². The molecule has 0 saturated heterocycles. The lowest BCUT2D eigenvalue weighted by molar-refractivity contribution is 0.553. The summed E-state index contributed by atoms with van der Waals surface area (Å²) < 4.78 is 5.44. The highest BCUT2D eigenvalue weighted by Crippen LogP contribution is 2.21. The number of nitrogens with zero attached hydrogens (tertiary/aromatic N) is 2. The molecule has 0 radical (unpaired) electrons. The molecule has 2 rings (SSSR count). The fourth-order valence-electron chi connectivity index (χ4n) is 1.48. The van der Waals surface area contributed by atoms with E-state index in [0.29, 0.717) is 23.9 Å². The van der Waals surface area contributed by atoms with Crippen LogP contribution in [0, 0.1) is 11.3 Å². The smallest absolute Gasteiger partial charge is 0.232 e. The Hall–Kier alpha value is -2.54. The molecule has 0 atom stereocenters. The van der Waals surface area contributed by atoms with E-state index in [-0.39, 0.29) is 5.69 Å². The molecule has 4 heteroatoms. The Kier molecular flexibility index (Phi) is 3.44. The number of oxazole rings is 1. The van der Waals surface area contributed by atoms with Crippen molar-refractivity contribution >= 4 is 11.5 Å². The highest BCUT2D eigenvalue weighted by molar-refractivity contribution is 5.57. The molecule has 0 fully saturated rings.